The SMILES string of the molecule is CC(C)(C)OSCCCl. The average Bonchev–Trinajstić information content (AvgIpc) is 1.63. The van der Waals surface area contributed by atoms with Gasteiger partial charge < -0.3 is 4.18 Å². The highest BCUT2D eigenvalue weighted by atomic mass is 35.5. The second-order valence-electron chi connectivity index (χ2n) is 2.71. The van der Waals surface area contributed by atoms with Gasteiger partial charge in [0.1, 0.15) is 0 Å². The van der Waals surface area contributed by atoms with Crippen LogP contribution in [0.4, 0.5) is 0 Å². The standard InChI is InChI=1S/C6H13ClOS/c1-6(2,3)8-9-5-4-7/h4-5H2,1-3H3. The minimum atomic E-state index is -0.0449. The molecule has 0 amide bonds. The molecule has 0 radical (unpaired) electrons. The van der Waals surface area contributed by atoms with Crippen molar-refractivity contribution in [2.24, 2.45) is 0 Å². The highest BCUT2D eigenvalue weighted by molar-refractivity contribution is 7.94. The van der Waals surface area contributed by atoms with Crippen LogP contribution >= 0.6 is 23.6 Å². The van der Waals surface area contributed by atoms with Crippen LogP contribution in [0.15, 0.2) is 0 Å². The molecule has 0 saturated heterocycles. The van der Waals surface area contributed by atoms with E-state index in [0.29, 0.717) is 5.88 Å². The largest absolute Gasteiger partial charge is 0.310 e. The first-order valence-corrected chi connectivity index (χ1v) is 4.37. The maximum absolute atomic E-state index is 5.43. The molecule has 0 bridgehead atoms. The Morgan fingerprint density at radius 1 is 1.44 bits per heavy atom. The molecule has 0 N–H and O–H groups in total. The lowest BCUT2D eigenvalue weighted by atomic mass is 10.2. The predicted molar refractivity (Wildman–Crippen MR) is 44.0 cm³/mol. The molecule has 1 nitrogen and oxygen atoms in total. The number of halogens is 1. The van der Waals surface area contributed by atoms with Gasteiger partial charge in [0.05, 0.1) is 5.60 Å². The van der Waals surface area contributed by atoms with E-state index in [1.807, 2.05) is 20.8 Å². The molecule has 3 heteroatoms. The lowest BCUT2D eigenvalue weighted by Crippen LogP contribution is -2.14. The van der Waals surface area contributed by atoms with Crippen LogP contribution in [0.5, 0.6) is 0 Å². The Balaban J connectivity index is 3.07. The molecule has 9 heavy (non-hydrogen) atoms. The molecule has 0 spiro atoms. The van der Waals surface area contributed by atoms with E-state index in [0.717, 1.165) is 5.75 Å². The molecule has 0 aliphatic carbocycles. The quantitative estimate of drug-likeness (QED) is 0.364. The molecule has 0 aromatic rings. The van der Waals surface area contributed by atoms with Crippen molar-refractivity contribution in [2.75, 3.05) is 11.6 Å². The third kappa shape index (κ3) is 8.60. The molecule has 56 valence electrons. The van der Waals surface area contributed by atoms with Crippen LogP contribution in [0, 0.1) is 0 Å². The molecule has 0 aliphatic rings. The molecule has 0 heterocycles. The van der Waals surface area contributed by atoms with Gasteiger partial charge in [0.2, 0.25) is 0 Å². The van der Waals surface area contributed by atoms with E-state index >= 15 is 0 Å². The normalized spacial score (nSPS) is 12.0. The number of hydrogen-bond acceptors (Lipinski definition) is 2. The van der Waals surface area contributed by atoms with Gasteiger partial charge in [-0.3, -0.25) is 0 Å². The van der Waals surface area contributed by atoms with Gasteiger partial charge in [-0.25, -0.2) is 0 Å². The Morgan fingerprint density at radius 2 is 2.00 bits per heavy atom. The summed E-state index contributed by atoms with van der Waals surface area (Å²) in [6.07, 6.45) is 0. The Labute approximate surface area is 66.3 Å². The number of hydrogen-bond donors (Lipinski definition) is 0. The van der Waals surface area contributed by atoms with Crippen LogP contribution in [-0.2, 0) is 4.18 Å². The van der Waals surface area contributed by atoms with Gasteiger partial charge in [0.15, 0.2) is 0 Å². The van der Waals surface area contributed by atoms with E-state index in [1.54, 1.807) is 0 Å². The van der Waals surface area contributed by atoms with Gasteiger partial charge in [0, 0.05) is 11.6 Å². The van der Waals surface area contributed by atoms with E-state index in [-0.39, 0.29) is 5.60 Å². The van der Waals surface area contributed by atoms with Crippen LogP contribution in [0.3, 0.4) is 0 Å². The lowest BCUT2D eigenvalue weighted by Gasteiger charge is -2.16. The molecule has 0 fully saturated rings. The van der Waals surface area contributed by atoms with E-state index in [1.165, 1.54) is 12.0 Å². The van der Waals surface area contributed by atoms with Crippen LogP contribution in [0.1, 0.15) is 20.8 Å². The zero-order valence-electron chi connectivity index (χ0n) is 6.11. The predicted octanol–water partition coefficient (Wildman–Crippen LogP) is 2.69. The first-order chi connectivity index (χ1) is 4.06. The van der Waals surface area contributed by atoms with Crippen molar-refractivity contribution in [1.29, 1.82) is 0 Å². The molecule has 0 aromatic carbocycles. The number of alkyl halides is 1. The van der Waals surface area contributed by atoms with Crippen molar-refractivity contribution in [3.05, 3.63) is 0 Å². The summed E-state index contributed by atoms with van der Waals surface area (Å²) in [7, 11) is 0. The summed E-state index contributed by atoms with van der Waals surface area (Å²) in [5, 5.41) is 0. The molecular formula is C6H13ClOS. The fourth-order valence-electron chi connectivity index (χ4n) is 0.250. The topological polar surface area (TPSA) is 9.23 Å². The van der Waals surface area contributed by atoms with Gasteiger partial charge >= 0.3 is 0 Å². The van der Waals surface area contributed by atoms with Crippen LogP contribution in [0.25, 0.3) is 0 Å². The molecule has 0 aromatic heterocycles. The zero-order valence-corrected chi connectivity index (χ0v) is 7.68. The fraction of sp³-hybridized carbons (Fsp3) is 1.00. The third-order valence-corrected chi connectivity index (χ3v) is 1.87. The maximum Gasteiger partial charge on any atom is 0.0745 e. The van der Waals surface area contributed by atoms with E-state index in [4.69, 9.17) is 15.8 Å². The molecular weight excluding hydrogens is 156 g/mol. The van der Waals surface area contributed by atoms with Gasteiger partial charge in [-0.05, 0) is 32.8 Å². The first kappa shape index (κ1) is 9.60. The van der Waals surface area contributed by atoms with Crippen LogP contribution < -0.4 is 0 Å². The average molecular weight is 169 g/mol. The molecule has 0 rings (SSSR count). The van der Waals surface area contributed by atoms with Crippen LogP contribution in [-0.4, -0.2) is 17.2 Å². The van der Waals surface area contributed by atoms with Crippen molar-refractivity contribution in [3.63, 3.8) is 0 Å². The summed E-state index contributed by atoms with van der Waals surface area (Å²) in [5.41, 5.74) is -0.0449. The van der Waals surface area contributed by atoms with Crippen molar-refractivity contribution >= 4 is 23.6 Å². The smallest absolute Gasteiger partial charge is 0.0745 e. The zero-order chi connectivity index (χ0) is 7.33. The Hall–Kier alpha value is 0.600. The molecule has 0 unspecified atom stereocenters. The molecule has 0 saturated carbocycles. The summed E-state index contributed by atoms with van der Waals surface area (Å²) < 4.78 is 5.30. The van der Waals surface area contributed by atoms with Gasteiger partial charge in [0.25, 0.3) is 0 Å². The molecule has 0 aliphatic heterocycles. The van der Waals surface area contributed by atoms with Gasteiger partial charge in [-0.2, -0.15) is 0 Å². The highest BCUT2D eigenvalue weighted by Crippen LogP contribution is 2.16. The summed E-state index contributed by atoms with van der Waals surface area (Å²) in [4.78, 5) is 0. The van der Waals surface area contributed by atoms with Crippen molar-refractivity contribution in [3.8, 4) is 0 Å². The Morgan fingerprint density at radius 3 is 2.33 bits per heavy atom. The van der Waals surface area contributed by atoms with Crippen molar-refractivity contribution in [1.82, 2.24) is 0 Å². The minimum Gasteiger partial charge on any atom is -0.310 e. The summed E-state index contributed by atoms with van der Waals surface area (Å²) in [6.45, 7) is 6.07. The summed E-state index contributed by atoms with van der Waals surface area (Å²) in [6, 6.07) is 0. The van der Waals surface area contributed by atoms with E-state index in [2.05, 4.69) is 0 Å². The van der Waals surface area contributed by atoms with E-state index in [9.17, 15) is 0 Å². The molecule has 0 atom stereocenters. The second-order valence-corrected chi connectivity index (χ2v) is 3.90. The van der Waals surface area contributed by atoms with Crippen LogP contribution in [0.2, 0.25) is 0 Å². The second kappa shape index (κ2) is 4.42. The number of rotatable bonds is 3. The third-order valence-electron chi connectivity index (χ3n) is 0.469. The summed E-state index contributed by atoms with van der Waals surface area (Å²) in [5.74, 6) is 1.51. The minimum absolute atomic E-state index is 0.0449. The van der Waals surface area contributed by atoms with E-state index < -0.39 is 0 Å². The monoisotopic (exact) mass is 168 g/mol. The highest BCUT2D eigenvalue weighted by Gasteiger charge is 2.09. The van der Waals surface area contributed by atoms with Crippen molar-refractivity contribution in [2.45, 2.75) is 26.4 Å². The summed E-state index contributed by atoms with van der Waals surface area (Å²) >= 11 is 6.86. The maximum atomic E-state index is 5.43. The van der Waals surface area contributed by atoms with Gasteiger partial charge in [-0.1, -0.05) is 0 Å². The first-order valence-electron chi connectivity index (χ1n) is 2.93. The Kier molecular flexibility index (Phi) is 4.72. The van der Waals surface area contributed by atoms with Crippen molar-refractivity contribution < 1.29 is 4.18 Å². The lowest BCUT2D eigenvalue weighted by molar-refractivity contribution is 0.165. The van der Waals surface area contributed by atoms with Gasteiger partial charge in [-0.15, -0.1) is 11.6 Å². The fourth-order valence-corrected chi connectivity index (χ4v) is 0.939. The Bertz CT molecular complexity index is 69.9.